The van der Waals surface area contributed by atoms with E-state index in [-0.39, 0.29) is 6.79 Å². The molecule has 1 unspecified atom stereocenters. The number of rotatable bonds is 6. The number of benzene rings is 1. The van der Waals surface area contributed by atoms with Gasteiger partial charge in [0, 0.05) is 0 Å². The van der Waals surface area contributed by atoms with Crippen molar-refractivity contribution in [3.8, 4) is 12.3 Å². The van der Waals surface area contributed by atoms with Gasteiger partial charge in [-0.2, -0.15) is 0 Å². The molecule has 21 heavy (non-hydrogen) atoms. The van der Waals surface area contributed by atoms with Crippen LogP contribution in [0.25, 0.3) is 0 Å². The van der Waals surface area contributed by atoms with E-state index in [1.54, 1.807) is 7.11 Å². The van der Waals surface area contributed by atoms with Gasteiger partial charge in [-0.05, 0) is 0 Å². The second-order valence-corrected chi connectivity index (χ2v) is 21.5. The Bertz CT molecular complexity index is 534. The molecule has 0 aliphatic rings. The summed E-state index contributed by atoms with van der Waals surface area (Å²) < 4.78 is 13.3. The number of methoxy groups -OCH3 is 1. The molecular formula is C16H24BrNO2Sn. The van der Waals surface area contributed by atoms with E-state index in [1.165, 1.54) is 3.58 Å². The van der Waals surface area contributed by atoms with Gasteiger partial charge in [0.15, 0.2) is 0 Å². The molecule has 1 atom stereocenters. The van der Waals surface area contributed by atoms with Gasteiger partial charge in [-0.3, -0.25) is 0 Å². The van der Waals surface area contributed by atoms with Crippen molar-refractivity contribution in [1.82, 2.24) is 4.90 Å². The minimum atomic E-state index is -2.19. The van der Waals surface area contributed by atoms with Crippen molar-refractivity contribution in [2.24, 2.45) is 0 Å². The Hall–Kier alpha value is -0.0613. The summed E-state index contributed by atoms with van der Waals surface area (Å²) in [6, 6.07) is 6.45. The molecular weight excluding hydrogens is 437 g/mol. The minimum absolute atomic E-state index is 0.137. The topological polar surface area (TPSA) is 21.7 Å². The van der Waals surface area contributed by atoms with E-state index in [0.717, 1.165) is 10.0 Å². The van der Waals surface area contributed by atoms with E-state index in [9.17, 15) is 0 Å². The van der Waals surface area contributed by atoms with Crippen molar-refractivity contribution >= 4 is 37.9 Å². The number of terminal acetylenes is 1. The molecule has 116 valence electrons. The number of halogens is 1. The Labute approximate surface area is 141 Å². The molecule has 0 heterocycles. The fourth-order valence-corrected chi connectivity index (χ4v) is 5.92. The van der Waals surface area contributed by atoms with Crippen LogP contribution in [0.2, 0.25) is 14.8 Å². The average Bonchev–Trinajstić information content (AvgIpc) is 2.40. The second kappa shape index (κ2) is 7.47. The van der Waals surface area contributed by atoms with Crippen LogP contribution in [0.3, 0.4) is 0 Å². The van der Waals surface area contributed by atoms with Crippen LogP contribution < -0.4 is 3.58 Å². The maximum atomic E-state index is 5.88. The predicted octanol–water partition coefficient (Wildman–Crippen LogP) is 2.96. The van der Waals surface area contributed by atoms with E-state index >= 15 is 0 Å². The third kappa shape index (κ3) is 4.23. The first-order valence-corrected chi connectivity index (χ1v) is 17.6. The number of hydrogen-bond donors (Lipinski definition) is 0. The number of ether oxygens (including phenoxy) is 2. The first kappa shape index (κ1) is 19.0. The maximum absolute atomic E-state index is 5.88. The summed E-state index contributed by atoms with van der Waals surface area (Å²) >= 11 is 1.42. The molecule has 1 aromatic rings. The molecule has 0 saturated heterocycles. The van der Waals surface area contributed by atoms with E-state index in [2.05, 4.69) is 54.9 Å². The van der Waals surface area contributed by atoms with Gasteiger partial charge in [0.25, 0.3) is 0 Å². The fraction of sp³-hybridized carbons (Fsp3) is 0.500. The first-order valence-electron chi connectivity index (χ1n) is 6.77. The van der Waals surface area contributed by atoms with Crippen molar-refractivity contribution < 1.29 is 9.47 Å². The van der Waals surface area contributed by atoms with Crippen LogP contribution in [0.1, 0.15) is 5.56 Å². The quantitative estimate of drug-likeness (QED) is 0.370. The normalized spacial score (nSPS) is 14.8. The summed E-state index contributed by atoms with van der Waals surface area (Å²) in [5.41, 5.74) is 0.0123. The van der Waals surface area contributed by atoms with Crippen molar-refractivity contribution in [3.05, 3.63) is 28.2 Å². The van der Waals surface area contributed by atoms with Crippen molar-refractivity contribution in [2.45, 2.75) is 20.5 Å². The van der Waals surface area contributed by atoms with E-state index in [0.29, 0.717) is 0 Å². The molecule has 0 spiro atoms. The second-order valence-electron chi connectivity index (χ2n) is 6.18. The number of nitrogens with zero attached hydrogens (tertiary/aromatic N) is 1. The van der Waals surface area contributed by atoms with Crippen LogP contribution in [0, 0.1) is 12.3 Å². The third-order valence-electron chi connectivity index (χ3n) is 3.41. The van der Waals surface area contributed by atoms with E-state index in [1.807, 2.05) is 19.0 Å². The Morgan fingerprint density at radius 2 is 1.95 bits per heavy atom. The van der Waals surface area contributed by atoms with Gasteiger partial charge >= 0.3 is 141 Å². The monoisotopic (exact) mass is 461 g/mol. The van der Waals surface area contributed by atoms with Crippen LogP contribution in [-0.2, 0) is 15.2 Å². The summed E-state index contributed by atoms with van der Waals surface area (Å²) in [5, 5.41) is 0. The van der Waals surface area contributed by atoms with Crippen LogP contribution in [-0.4, -0.2) is 51.3 Å². The molecule has 0 aromatic heterocycles. The van der Waals surface area contributed by atoms with Crippen molar-refractivity contribution in [1.29, 1.82) is 0 Å². The zero-order valence-electron chi connectivity index (χ0n) is 13.7. The van der Waals surface area contributed by atoms with Crippen LogP contribution in [0.5, 0.6) is 0 Å². The predicted molar refractivity (Wildman–Crippen MR) is 94.3 cm³/mol. The summed E-state index contributed by atoms with van der Waals surface area (Å²) in [6.45, 7) is 0.137. The third-order valence-corrected chi connectivity index (χ3v) is 9.93. The van der Waals surface area contributed by atoms with E-state index in [4.69, 9.17) is 15.9 Å². The van der Waals surface area contributed by atoms with Gasteiger partial charge in [-0.15, -0.1) is 0 Å². The molecule has 1 aromatic carbocycles. The molecule has 0 bridgehead atoms. The molecule has 0 aliphatic heterocycles. The first-order chi connectivity index (χ1) is 9.69. The van der Waals surface area contributed by atoms with Gasteiger partial charge in [0.2, 0.25) is 0 Å². The summed E-state index contributed by atoms with van der Waals surface area (Å²) in [7, 11) is 5.41. The molecule has 0 radical (unpaired) electrons. The Morgan fingerprint density at radius 3 is 2.38 bits per heavy atom. The van der Waals surface area contributed by atoms with Crippen LogP contribution in [0.15, 0.2) is 22.7 Å². The molecule has 0 amide bonds. The van der Waals surface area contributed by atoms with Gasteiger partial charge in [0.1, 0.15) is 0 Å². The Balaban J connectivity index is 3.47. The Kier molecular flexibility index (Phi) is 6.75. The van der Waals surface area contributed by atoms with Crippen molar-refractivity contribution in [3.63, 3.8) is 0 Å². The number of hydrogen-bond acceptors (Lipinski definition) is 3. The van der Waals surface area contributed by atoms with E-state index < -0.39 is 24.1 Å². The molecule has 5 heteroatoms. The summed E-state index contributed by atoms with van der Waals surface area (Å²) in [4.78, 5) is 9.04. The zero-order valence-corrected chi connectivity index (χ0v) is 18.1. The van der Waals surface area contributed by atoms with Gasteiger partial charge in [-0.25, -0.2) is 0 Å². The zero-order chi connectivity index (χ0) is 16.3. The van der Waals surface area contributed by atoms with Gasteiger partial charge in [0.05, 0.1) is 0 Å². The molecule has 0 N–H and O–H groups in total. The van der Waals surface area contributed by atoms with Gasteiger partial charge in [-0.1, -0.05) is 0 Å². The average molecular weight is 461 g/mol. The molecule has 0 fully saturated rings. The van der Waals surface area contributed by atoms with Crippen LogP contribution in [0.4, 0.5) is 0 Å². The SMILES string of the molecule is C#CC(OCOC)(c1c[c]([Sn]([CH3])([CH3])[CH3])ccc1Br)N(C)C. The van der Waals surface area contributed by atoms with Crippen molar-refractivity contribution in [2.75, 3.05) is 28.0 Å². The molecule has 1 rings (SSSR count). The summed E-state index contributed by atoms with van der Waals surface area (Å²) in [6.07, 6.45) is 5.83. The molecule has 0 saturated carbocycles. The van der Waals surface area contributed by atoms with Gasteiger partial charge < -0.3 is 0 Å². The van der Waals surface area contributed by atoms with Crippen LogP contribution >= 0.6 is 15.9 Å². The Morgan fingerprint density at radius 1 is 1.33 bits per heavy atom. The fourth-order valence-electron chi connectivity index (χ4n) is 2.09. The summed E-state index contributed by atoms with van der Waals surface area (Å²) in [5.74, 6) is 2.80. The standard InChI is InChI=1S/C13H15BrNO2.3CH3.Sn/c1-5-13(15(2)3,17-10-16-4)11-8-6-7-9-12(11)14;;;;/h1,7-9H,10H2,2-4H3;3*1H3;. The molecule has 0 aliphatic carbocycles. The molecule has 3 nitrogen and oxygen atoms in total.